The highest BCUT2D eigenvalue weighted by Gasteiger charge is 2.02. The molecule has 0 aromatic heterocycles. The molecule has 0 bridgehead atoms. The Kier molecular flexibility index (Phi) is 5.32. The summed E-state index contributed by atoms with van der Waals surface area (Å²) in [6, 6.07) is 5.56. The van der Waals surface area contributed by atoms with Gasteiger partial charge in [-0.2, -0.15) is 0 Å². The van der Waals surface area contributed by atoms with Gasteiger partial charge in [0.15, 0.2) is 0 Å². The van der Waals surface area contributed by atoms with Gasteiger partial charge in [-0.15, -0.1) is 12.8 Å². The van der Waals surface area contributed by atoms with Crippen LogP contribution in [0.4, 0.5) is 0 Å². The Morgan fingerprint density at radius 3 is 1.88 bits per heavy atom. The van der Waals surface area contributed by atoms with E-state index < -0.39 is 0 Å². The maximum absolute atomic E-state index is 5.33. The maximum atomic E-state index is 5.33. The molecule has 1 rings (SSSR count). The van der Waals surface area contributed by atoms with Crippen molar-refractivity contribution in [3.63, 3.8) is 0 Å². The molecule has 82 valence electrons. The summed E-state index contributed by atoms with van der Waals surface area (Å²) in [5.41, 5.74) is 1.04. The van der Waals surface area contributed by atoms with Crippen molar-refractivity contribution in [3.8, 4) is 36.2 Å². The van der Waals surface area contributed by atoms with Crippen molar-refractivity contribution in [2.24, 2.45) is 0 Å². The lowest BCUT2D eigenvalue weighted by Gasteiger charge is -2.08. The van der Waals surface area contributed by atoms with Crippen molar-refractivity contribution in [1.29, 1.82) is 0 Å². The summed E-state index contributed by atoms with van der Waals surface area (Å²) in [5.74, 6) is 6.18. The predicted molar refractivity (Wildman–Crippen MR) is 67.7 cm³/mol. The van der Waals surface area contributed by atoms with Crippen LogP contribution in [0.2, 0.25) is 0 Å². The molecular weight excluding hydrogens is 268 g/mol. The second-order valence-corrected chi connectivity index (χ2v) is 3.49. The van der Waals surface area contributed by atoms with Crippen LogP contribution in [0, 0.1) is 24.7 Å². The Hall–Kier alpha value is -1.58. The van der Waals surface area contributed by atoms with Gasteiger partial charge in [-0.1, -0.05) is 27.8 Å². The minimum Gasteiger partial charge on any atom is -0.481 e. The molecule has 1 aromatic rings. The number of hydrogen-bond donors (Lipinski definition) is 0. The van der Waals surface area contributed by atoms with E-state index in [2.05, 4.69) is 27.8 Å². The average Bonchev–Trinajstić information content (AvgIpc) is 2.33. The molecule has 0 saturated heterocycles. The van der Waals surface area contributed by atoms with Crippen molar-refractivity contribution in [2.75, 3.05) is 13.2 Å². The third kappa shape index (κ3) is 3.88. The van der Waals surface area contributed by atoms with Gasteiger partial charge in [0, 0.05) is 11.4 Å². The van der Waals surface area contributed by atoms with E-state index in [0.29, 0.717) is 16.8 Å². The van der Waals surface area contributed by atoms with Crippen molar-refractivity contribution >= 4 is 15.9 Å². The van der Waals surface area contributed by atoms with E-state index >= 15 is 0 Å². The lowest BCUT2D eigenvalue weighted by molar-refractivity contribution is 0.351. The number of ether oxygens (including phenoxy) is 2. The van der Waals surface area contributed by atoms with Crippen molar-refractivity contribution in [2.45, 2.75) is 5.33 Å². The van der Waals surface area contributed by atoms with Gasteiger partial charge in [0.2, 0.25) is 0 Å². The summed E-state index contributed by atoms with van der Waals surface area (Å²) >= 11 is 3.37. The molecule has 1 aromatic carbocycles. The van der Waals surface area contributed by atoms with Gasteiger partial charge in [0.25, 0.3) is 0 Å². The monoisotopic (exact) mass is 278 g/mol. The van der Waals surface area contributed by atoms with Crippen LogP contribution in [0.1, 0.15) is 5.56 Å². The summed E-state index contributed by atoms with van der Waals surface area (Å²) < 4.78 is 10.7. The highest BCUT2D eigenvalue weighted by molar-refractivity contribution is 9.08. The minimum absolute atomic E-state index is 0.236. The number of hydrogen-bond acceptors (Lipinski definition) is 2. The third-order valence-electron chi connectivity index (χ3n) is 1.74. The van der Waals surface area contributed by atoms with Gasteiger partial charge in [0.05, 0.1) is 0 Å². The minimum atomic E-state index is 0.236. The molecule has 0 aliphatic heterocycles. The molecule has 0 fully saturated rings. The van der Waals surface area contributed by atoms with Gasteiger partial charge in [-0.05, 0) is 17.7 Å². The van der Waals surface area contributed by atoms with E-state index in [1.165, 1.54) is 0 Å². The van der Waals surface area contributed by atoms with Gasteiger partial charge < -0.3 is 9.47 Å². The third-order valence-corrected chi connectivity index (χ3v) is 2.39. The standard InChI is InChI=1S/C13H11BrO2/c1-3-5-15-12-7-11(10-14)8-13(9-12)16-6-4-2/h1-2,7-9H,5-6,10H2. The Morgan fingerprint density at radius 1 is 1.00 bits per heavy atom. The van der Waals surface area contributed by atoms with E-state index in [-0.39, 0.29) is 13.2 Å². The molecule has 0 atom stereocenters. The molecule has 0 heterocycles. The first kappa shape index (κ1) is 12.5. The SMILES string of the molecule is C#CCOc1cc(CBr)cc(OCC#C)c1. The summed E-state index contributed by atoms with van der Waals surface area (Å²) in [6.07, 6.45) is 10.2. The topological polar surface area (TPSA) is 18.5 Å². The summed E-state index contributed by atoms with van der Waals surface area (Å²) in [5, 5.41) is 0.715. The largest absolute Gasteiger partial charge is 0.481 e. The molecule has 0 aliphatic rings. The van der Waals surface area contributed by atoms with Gasteiger partial charge in [0.1, 0.15) is 24.7 Å². The zero-order valence-electron chi connectivity index (χ0n) is 8.70. The second kappa shape index (κ2) is 6.82. The van der Waals surface area contributed by atoms with Crippen molar-refractivity contribution in [1.82, 2.24) is 0 Å². The predicted octanol–water partition coefficient (Wildman–Crippen LogP) is 2.61. The smallest absolute Gasteiger partial charge is 0.148 e. The lowest BCUT2D eigenvalue weighted by atomic mass is 10.2. The van der Waals surface area contributed by atoms with E-state index in [4.69, 9.17) is 22.3 Å². The molecule has 0 unspecified atom stereocenters. The number of alkyl halides is 1. The fraction of sp³-hybridized carbons (Fsp3) is 0.231. The molecule has 16 heavy (non-hydrogen) atoms. The molecule has 0 saturated carbocycles. The lowest BCUT2D eigenvalue weighted by Crippen LogP contribution is -1.98. The van der Waals surface area contributed by atoms with E-state index in [1.54, 1.807) is 6.07 Å². The molecule has 0 amide bonds. The first-order valence-electron chi connectivity index (χ1n) is 4.62. The maximum Gasteiger partial charge on any atom is 0.148 e. The molecule has 2 nitrogen and oxygen atoms in total. The fourth-order valence-electron chi connectivity index (χ4n) is 1.12. The number of terminal acetylenes is 2. The van der Waals surface area contributed by atoms with Crippen LogP contribution < -0.4 is 9.47 Å². The Bertz CT molecular complexity index is 390. The van der Waals surface area contributed by atoms with Gasteiger partial charge in [-0.3, -0.25) is 0 Å². The molecule has 3 heteroatoms. The fourth-order valence-corrected chi connectivity index (χ4v) is 1.45. The van der Waals surface area contributed by atoms with Crippen LogP contribution in [0.25, 0.3) is 0 Å². The van der Waals surface area contributed by atoms with Crippen LogP contribution in [0.5, 0.6) is 11.5 Å². The van der Waals surface area contributed by atoms with Gasteiger partial charge >= 0.3 is 0 Å². The second-order valence-electron chi connectivity index (χ2n) is 2.93. The summed E-state index contributed by atoms with van der Waals surface area (Å²) in [6.45, 7) is 0.473. The molecule has 0 aliphatic carbocycles. The van der Waals surface area contributed by atoms with E-state index in [9.17, 15) is 0 Å². The zero-order valence-corrected chi connectivity index (χ0v) is 10.3. The van der Waals surface area contributed by atoms with E-state index in [1.807, 2.05) is 12.1 Å². The highest BCUT2D eigenvalue weighted by atomic mass is 79.9. The van der Waals surface area contributed by atoms with Crippen LogP contribution in [-0.2, 0) is 5.33 Å². The molecule has 0 N–H and O–H groups in total. The number of halogens is 1. The van der Waals surface area contributed by atoms with Crippen molar-refractivity contribution < 1.29 is 9.47 Å². The Balaban J connectivity index is 2.84. The highest BCUT2D eigenvalue weighted by Crippen LogP contribution is 2.24. The van der Waals surface area contributed by atoms with Gasteiger partial charge in [-0.25, -0.2) is 0 Å². The Morgan fingerprint density at radius 2 is 1.50 bits per heavy atom. The summed E-state index contributed by atoms with van der Waals surface area (Å²) in [4.78, 5) is 0. The van der Waals surface area contributed by atoms with Crippen LogP contribution >= 0.6 is 15.9 Å². The molecule has 0 spiro atoms. The van der Waals surface area contributed by atoms with Crippen LogP contribution in [-0.4, -0.2) is 13.2 Å². The quantitative estimate of drug-likeness (QED) is 0.609. The first-order chi connectivity index (χ1) is 7.80. The Labute approximate surface area is 104 Å². The zero-order chi connectivity index (χ0) is 11.8. The summed E-state index contributed by atoms with van der Waals surface area (Å²) in [7, 11) is 0. The number of benzene rings is 1. The first-order valence-corrected chi connectivity index (χ1v) is 5.74. The van der Waals surface area contributed by atoms with Crippen LogP contribution in [0.3, 0.4) is 0 Å². The molecular formula is C13H11BrO2. The van der Waals surface area contributed by atoms with Crippen LogP contribution in [0.15, 0.2) is 18.2 Å². The average molecular weight is 279 g/mol. The number of rotatable bonds is 5. The van der Waals surface area contributed by atoms with Crippen molar-refractivity contribution in [3.05, 3.63) is 23.8 Å². The molecule has 0 radical (unpaired) electrons. The van der Waals surface area contributed by atoms with E-state index in [0.717, 1.165) is 5.56 Å². The normalized spacial score (nSPS) is 8.94.